The molecule has 0 spiro atoms. The predicted molar refractivity (Wildman–Crippen MR) is 163 cm³/mol. The van der Waals surface area contributed by atoms with Crippen molar-refractivity contribution >= 4 is 40.5 Å². The van der Waals surface area contributed by atoms with Crippen molar-refractivity contribution in [2.24, 2.45) is 4.99 Å². The molecule has 3 aromatic rings. The zero-order valence-corrected chi connectivity index (χ0v) is 23.4. The lowest BCUT2D eigenvalue weighted by Gasteiger charge is -2.18. The molecule has 3 aromatic carbocycles. The van der Waals surface area contributed by atoms with Gasteiger partial charge in [-0.25, -0.2) is 4.99 Å². The van der Waals surface area contributed by atoms with Gasteiger partial charge in [0, 0.05) is 30.3 Å². The minimum absolute atomic E-state index is 0.241. The lowest BCUT2D eigenvalue weighted by Crippen LogP contribution is -2.28. The zero-order chi connectivity index (χ0) is 29.0. The van der Waals surface area contributed by atoms with Crippen LogP contribution in [0, 0.1) is 13.8 Å². The van der Waals surface area contributed by atoms with Gasteiger partial charge in [0.1, 0.15) is 11.6 Å². The van der Waals surface area contributed by atoms with Crippen LogP contribution in [-0.4, -0.2) is 24.2 Å². The number of nitrogens with zero attached hydrogens (tertiary/aromatic N) is 2. The molecule has 0 radical (unpaired) electrons. The van der Waals surface area contributed by atoms with Crippen molar-refractivity contribution in [3.63, 3.8) is 0 Å². The summed E-state index contributed by atoms with van der Waals surface area (Å²) in [4.78, 5) is 6.63. The summed E-state index contributed by atoms with van der Waals surface area (Å²) < 4.78 is 41.4. The molecule has 5 rings (SSSR count). The van der Waals surface area contributed by atoms with Crippen LogP contribution < -0.4 is 20.3 Å². The monoisotopic (exact) mass is 574 g/mol. The number of thiocarbonyl (C=S) groups is 1. The topological polar surface area (TPSA) is 48.9 Å². The molecule has 0 bridgehead atoms. The minimum atomic E-state index is -4.71. The van der Waals surface area contributed by atoms with Crippen LogP contribution >= 0.6 is 12.2 Å². The van der Waals surface area contributed by atoms with E-state index in [-0.39, 0.29) is 5.75 Å². The Morgan fingerprint density at radius 2 is 1.71 bits per heavy atom. The van der Waals surface area contributed by atoms with Gasteiger partial charge in [-0.2, -0.15) is 0 Å². The Balaban J connectivity index is 1.24. The Hall–Kier alpha value is -4.37. The fraction of sp³-hybridized carbons (Fsp3) is 0.188. The third kappa shape index (κ3) is 7.24. The SMILES string of the molecule is Cc1cccc(C)c1NC(=S)NC1=CCc2ccc(C3=CCN(c4ccc(OC(F)(F)F)cc4)C=CC3)cc2C=N1. The fourth-order valence-corrected chi connectivity index (χ4v) is 4.99. The lowest BCUT2D eigenvalue weighted by molar-refractivity contribution is -0.274. The Morgan fingerprint density at radius 1 is 0.951 bits per heavy atom. The van der Waals surface area contributed by atoms with Crippen molar-refractivity contribution in [2.45, 2.75) is 33.1 Å². The van der Waals surface area contributed by atoms with E-state index in [2.05, 4.69) is 44.6 Å². The number of aliphatic imine (C=N–C) groups is 1. The van der Waals surface area contributed by atoms with Crippen LogP contribution in [0.5, 0.6) is 5.75 Å². The third-order valence-corrected chi connectivity index (χ3v) is 7.10. The van der Waals surface area contributed by atoms with Crippen LogP contribution in [0.25, 0.3) is 5.57 Å². The van der Waals surface area contributed by atoms with Crippen LogP contribution in [0.3, 0.4) is 0 Å². The number of rotatable bonds is 5. The largest absolute Gasteiger partial charge is 0.573 e. The number of allylic oxidation sites excluding steroid dienone is 3. The number of nitrogens with one attached hydrogen (secondary N) is 2. The Labute approximate surface area is 242 Å². The summed E-state index contributed by atoms with van der Waals surface area (Å²) in [5.41, 5.74) is 8.46. The highest BCUT2D eigenvalue weighted by atomic mass is 32.1. The second-order valence-electron chi connectivity index (χ2n) is 9.82. The fourth-order valence-electron chi connectivity index (χ4n) is 4.78. The molecule has 0 amide bonds. The summed E-state index contributed by atoms with van der Waals surface area (Å²) in [6.07, 6.45) is 6.75. The highest BCUT2D eigenvalue weighted by Crippen LogP contribution is 2.29. The number of aryl methyl sites for hydroxylation is 2. The summed E-state index contributed by atoms with van der Waals surface area (Å²) in [6, 6.07) is 18.4. The molecule has 0 atom stereocenters. The Bertz CT molecular complexity index is 1550. The molecule has 0 saturated carbocycles. The minimum Gasteiger partial charge on any atom is -0.406 e. The summed E-state index contributed by atoms with van der Waals surface area (Å²) in [5.74, 6) is 0.445. The molecule has 2 N–H and O–H groups in total. The van der Waals surface area contributed by atoms with Gasteiger partial charge in [0.2, 0.25) is 0 Å². The smallest absolute Gasteiger partial charge is 0.406 e. The van der Waals surface area contributed by atoms with Gasteiger partial charge in [-0.1, -0.05) is 42.5 Å². The molecule has 9 heteroatoms. The van der Waals surface area contributed by atoms with Crippen molar-refractivity contribution in [1.29, 1.82) is 0 Å². The summed E-state index contributed by atoms with van der Waals surface area (Å²) >= 11 is 5.55. The van der Waals surface area contributed by atoms with Crippen molar-refractivity contribution in [1.82, 2.24) is 5.32 Å². The lowest BCUT2D eigenvalue weighted by atomic mass is 9.96. The first-order valence-corrected chi connectivity index (χ1v) is 13.6. The first-order valence-electron chi connectivity index (χ1n) is 13.1. The van der Waals surface area contributed by atoms with E-state index >= 15 is 0 Å². The van der Waals surface area contributed by atoms with E-state index in [1.165, 1.54) is 12.1 Å². The molecular formula is C32H29F3N4OS. The number of halogens is 3. The van der Waals surface area contributed by atoms with Crippen LogP contribution in [0.4, 0.5) is 24.5 Å². The Morgan fingerprint density at radius 3 is 2.44 bits per heavy atom. The number of benzene rings is 3. The quantitative estimate of drug-likeness (QED) is 0.305. The highest BCUT2D eigenvalue weighted by Gasteiger charge is 2.31. The molecule has 210 valence electrons. The number of anilines is 2. The van der Waals surface area contributed by atoms with E-state index in [0.29, 0.717) is 23.9 Å². The Kier molecular flexibility index (Phi) is 8.26. The number of alkyl halides is 3. The molecule has 2 aliphatic heterocycles. The van der Waals surface area contributed by atoms with Crippen molar-refractivity contribution < 1.29 is 17.9 Å². The molecule has 0 saturated heterocycles. The van der Waals surface area contributed by atoms with Gasteiger partial charge in [-0.05, 0) is 109 Å². The van der Waals surface area contributed by atoms with Crippen molar-refractivity contribution in [3.8, 4) is 5.75 Å². The maximum Gasteiger partial charge on any atom is 0.573 e. The summed E-state index contributed by atoms with van der Waals surface area (Å²) in [6.45, 7) is 4.66. The van der Waals surface area contributed by atoms with Crippen molar-refractivity contribution in [3.05, 3.63) is 119 Å². The second kappa shape index (κ2) is 12.0. The number of para-hydroxylation sites is 1. The zero-order valence-electron chi connectivity index (χ0n) is 22.6. The molecule has 0 fully saturated rings. The number of fused-ring (bicyclic) bond motifs is 1. The van der Waals surface area contributed by atoms with Crippen LogP contribution in [-0.2, 0) is 6.42 Å². The second-order valence-corrected chi connectivity index (χ2v) is 10.2. The average molecular weight is 575 g/mol. The molecule has 0 aromatic heterocycles. The molecule has 0 aliphatic carbocycles. The van der Waals surface area contributed by atoms with Gasteiger partial charge in [-0.3, -0.25) is 0 Å². The van der Waals surface area contributed by atoms with Crippen LogP contribution in [0.1, 0.15) is 34.2 Å². The van der Waals surface area contributed by atoms with Gasteiger partial charge >= 0.3 is 6.36 Å². The van der Waals surface area contributed by atoms with Crippen molar-refractivity contribution in [2.75, 3.05) is 16.8 Å². The molecule has 0 unspecified atom stereocenters. The van der Waals surface area contributed by atoms with Gasteiger partial charge in [0.05, 0.1) is 0 Å². The summed E-state index contributed by atoms with van der Waals surface area (Å²) in [7, 11) is 0. The van der Waals surface area contributed by atoms with Gasteiger partial charge in [0.25, 0.3) is 0 Å². The third-order valence-electron chi connectivity index (χ3n) is 6.90. The molecule has 2 heterocycles. The van der Waals surface area contributed by atoms with E-state index < -0.39 is 6.36 Å². The average Bonchev–Trinajstić information content (AvgIpc) is 3.29. The molecular weight excluding hydrogens is 545 g/mol. The first kappa shape index (κ1) is 28.2. The van der Waals surface area contributed by atoms with E-state index in [1.807, 2.05) is 61.5 Å². The highest BCUT2D eigenvalue weighted by molar-refractivity contribution is 7.80. The molecule has 5 nitrogen and oxygen atoms in total. The van der Waals surface area contributed by atoms with E-state index in [4.69, 9.17) is 12.2 Å². The van der Waals surface area contributed by atoms with Crippen LogP contribution in [0.15, 0.2) is 95.9 Å². The van der Waals surface area contributed by atoms with E-state index in [1.54, 1.807) is 12.1 Å². The van der Waals surface area contributed by atoms with Gasteiger partial charge < -0.3 is 20.3 Å². The number of hydrogen-bond acceptors (Lipinski definition) is 4. The molecule has 2 aliphatic rings. The van der Waals surface area contributed by atoms with Gasteiger partial charge in [0.15, 0.2) is 5.11 Å². The molecule has 41 heavy (non-hydrogen) atoms. The summed E-state index contributed by atoms with van der Waals surface area (Å²) in [5, 5.41) is 6.99. The maximum atomic E-state index is 12.5. The van der Waals surface area contributed by atoms with E-state index in [9.17, 15) is 13.2 Å². The van der Waals surface area contributed by atoms with E-state index in [0.717, 1.165) is 51.2 Å². The maximum absolute atomic E-state index is 12.5. The van der Waals surface area contributed by atoms with Crippen LogP contribution in [0.2, 0.25) is 0 Å². The first-order chi connectivity index (χ1) is 19.6. The normalized spacial score (nSPS) is 14.8. The number of ether oxygens (including phenoxy) is 1. The number of hydrogen-bond donors (Lipinski definition) is 2. The standard InChI is InChI=1S/C32H29F3N4OS/c1-21-5-3-6-22(2)30(21)38-31(41)37-29-15-10-24-8-9-25(19-26(24)20-36-29)23-7-4-17-39(18-16-23)27-11-13-28(14-12-27)40-32(33,34)35/h3-6,8-9,11-17,19-20H,7,10,18H2,1-2H3,(H2,37,38,41). The van der Waals surface area contributed by atoms with Gasteiger partial charge in [-0.15, -0.1) is 13.2 Å². The predicted octanol–water partition coefficient (Wildman–Crippen LogP) is 7.81.